The summed E-state index contributed by atoms with van der Waals surface area (Å²) in [5.41, 5.74) is 8.57. The minimum absolute atomic E-state index is 0.0683. The zero-order chi connectivity index (χ0) is 19.1. The highest BCUT2D eigenvalue weighted by Gasteiger charge is 2.25. The van der Waals surface area contributed by atoms with Crippen molar-refractivity contribution in [3.8, 4) is 0 Å². The number of fused-ring (bicyclic) bond motifs is 1. The Kier molecular flexibility index (Phi) is 4.43. The van der Waals surface area contributed by atoms with Crippen LogP contribution in [0, 0.1) is 12.7 Å². The fraction of sp³-hybridized carbons (Fsp3) is 0.421. The molecule has 0 radical (unpaired) electrons. The number of aromatic nitrogens is 4. The topological polar surface area (TPSA) is 82.0 Å². The fourth-order valence-electron chi connectivity index (χ4n) is 3.65. The van der Waals surface area contributed by atoms with Gasteiger partial charge in [-0.25, -0.2) is 9.37 Å². The first-order valence-electron chi connectivity index (χ1n) is 9.11. The third kappa shape index (κ3) is 3.21. The zero-order valence-electron chi connectivity index (χ0n) is 15.5. The molecule has 0 unspecified atom stereocenters. The first-order chi connectivity index (χ1) is 12.9. The van der Waals surface area contributed by atoms with Gasteiger partial charge in [0.2, 0.25) is 5.95 Å². The summed E-state index contributed by atoms with van der Waals surface area (Å²) in [6, 6.07) is 4.76. The van der Waals surface area contributed by atoms with Crippen molar-refractivity contribution in [3.05, 3.63) is 51.8 Å². The lowest BCUT2D eigenvalue weighted by molar-refractivity contribution is 0.495. The van der Waals surface area contributed by atoms with Gasteiger partial charge in [0.05, 0.1) is 12.9 Å². The molecule has 0 saturated carbocycles. The van der Waals surface area contributed by atoms with E-state index in [1.165, 1.54) is 23.0 Å². The summed E-state index contributed by atoms with van der Waals surface area (Å²) in [5.74, 6) is 0.368. The van der Waals surface area contributed by atoms with E-state index < -0.39 is 0 Å². The van der Waals surface area contributed by atoms with E-state index in [2.05, 4.69) is 14.9 Å². The lowest BCUT2D eigenvalue weighted by Crippen LogP contribution is -2.44. The Balaban J connectivity index is 1.90. The molecule has 1 fully saturated rings. The second kappa shape index (κ2) is 6.77. The molecule has 0 aliphatic carbocycles. The lowest BCUT2D eigenvalue weighted by atomic mass is 10.1. The Labute approximate surface area is 156 Å². The van der Waals surface area contributed by atoms with Gasteiger partial charge in [-0.1, -0.05) is 6.07 Å². The van der Waals surface area contributed by atoms with Crippen molar-refractivity contribution in [3.63, 3.8) is 0 Å². The number of rotatable bonds is 3. The standard InChI is InChI=1S/C19H23FN6O/c1-12-5-6-14(20)8-13(12)9-26-16-17(22-11-24(2)18(16)27)23-19(26)25-7-3-4-15(21)10-25/h5-6,8,11,15H,3-4,7,9-10,21H2,1-2H3/t15-/m1/s1. The number of hydrogen-bond donors (Lipinski definition) is 1. The molecule has 1 saturated heterocycles. The SMILES string of the molecule is Cc1ccc(F)cc1Cn1c(N2CCC[C@@H](N)C2)nc2ncn(C)c(=O)c21. The van der Waals surface area contributed by atoms with Crippen LogP contribution in [-0.4, -0.2) is 38.2 Å². The molecule has 0 amide bonds. The Morgan fingerprint density at radius 2 is 2.19 bits per heavy atom. The zero-order valence-corrected chi connectivity index (χ0v) is 15.5. The molecule has 4 rings (SSSR count). The van der Waals surface area contributed by atoms with E-state index in [0.717, 1.165) is 30.5 Å². The van der Waals surface area contributed by atoms with Gasteiger partial charge in [0.25, 0.3) is 5.56 Å². The molecule has 7 nitrogen and oxygen atoms in total. The molecule has 2 aromatic heterocycles. The highest BCUT2D eigenvalue weighted by molar-refractivity contribution is 5.74. The molecule has 1 aliphatic rings. The van der Waals surface area contributed by atoms with E-state index in [-0.39, 0.29) is 17.4 Å². The van der Waals surface area contributed by atoms with Gasteiger partial charge in [0, 0.05) is 26.2 Å². The van der Waals surface area contributed by atoms with E-state index in [9.17, 15) is 9.18 Å². The number of imidazole rings is 1. The van der Waals surface area contributed by atoms with Crippen LogP contribution in [0.1, 0.15) is 24.0 Å². The molecular weight excluding hydrogens is 347 g/mol. The summed E-state index contributed by atoms with van der Waals surface area (Å²) in [6.07, 6.45) is 3.41. The molecular formula is C19H23FN6O. The predicted molar refractivity (Wildman–Crippen MR) is 102 cm³/mol. The fourth-order valence-corrected chi connectivity index (χ4v) is 3.65. The average Bonchev–Trinajstić information content (AvgIpc) is 3.00. The number of piperidine rings is 1. The largest absolute Gasteiger partial charge is 0.341 e. The molecule has 1 atom stereocenters. The average molecular weight is 370 g/mol. The van der Waals surface area contributed by atoms with Crippen molar-refractivity contribution < 1.29 is 4.39 Å². The summed E-state index contributed by atoms with van der Waals surface area (Å²) in [5, 5.41) is 0. The lowest BCUT2D eigenvalue weighted by Gasteiger charge is -2.32. The van der Waals surface area contributed by atoms with E-state index in [4.69, 9.17) is 5.73 Å². The Bertz CT molecular complexity index is 1060. The van der Waals surface area contributed by atoms with Crippen LogP contribution in [0.4, 0.5) is 10.3 Å². The first kappa shape index (κ1) is 17.7. The maximum atomic E-state index is 13.8. The molecule has 0 spiro atoms. The van der Waals surface area contributed by atoms with Crippen molar-refractivity contribution in [1.29, 1.82) is 0 Å². The van der Waals surface area contributed by atoms with E-state index in [1.54, 1.807) is 13.1 Å². The van der Waals surface area contributed by atoms with Crippen molar-refractivity contribution >= 4 is 17.1 Å². The Morgan fingerprint density at radius 3 is 2.96 bits per heavy atom. The van der Waals surface area contributed by atoms with Crippen LogP contribution < -0.4 is 16.2 Å². The predicted octanol–water partition coefficient (Wildman–Crippen LogP) is 1.55. The molecule has 27 heavy (non-hydrogen) atoms. The highest BCUT2D eigenvalue weighted by atomic mass is 19.1. The van der Waals surface area contributed by atoms with Gasteiger partial charge >= 0.3 is 0 Å². The molecule has 0 bridgehead atoms. The molecule has 8 heteroatoms. The van der Waals surface area contributed by atoms with Crippen LogP contribution in [-0.2, 0) is 13.6 Å². The van der Waals surface area contributed by atoms with Crippen LogP contribution in [0.25, 0.3) is 11.2 Å². The number of anilines is 1. The molecule has 1 aliphatic heterocycles. The van der Waals surface area contributed by atoms with Gasteiger partial charge in [-0.3, -0.25) is 9.36 Å². The third-order valence-electron chi connectivity index (χ3n) is 5.19. The normalized spacial score (nSPS) is 17.6. The van der Waals surface area contributed by atoms with Crippen LogP contribution in [0.5, 0.6) is 0 Å². The number of nitrogens with two attached hydrogens (primary N) is 1. The number of nitrogens with zero attached hydrogens (tertiary/aromatic N) is 5. The number of hydrogen-bond acceptors (Lipinski definition) is 5. The Hall–Kier alpha value is -2.74. The molecule has 3 heterocycles. The number of aryl methyl sites for hydroxylation is 2. The second-order valence-corrected chi connectivity index (χ2v) is 7.25. The summed E-state index contributed by atoms with van der Waals surface area (Å²) < 4.78 is 17.1. The van der Waals surface area contributed by atoms with Crippen LogP contribution in [0.15, 0.2) is 29.3 Å². The third-order valence-corrected chi connectivity index (χ3v) is 5.19. The van der Waals surface area contributed by atoms with Crippen molar-refractivity contribution in [1.82, 2.24) is 19.1 Å². The smallest absolute Gasteiger partial charge is 0.279 e. The summed E-state index contributed by atoms with van der Waals surface area (Å²) >= 11 is 0. The van der Waals surface area contributed by atoms with Gasteiger partial charge in [0.15, 0.2) is 11.2 Å². The van der Waals surface area contributed by atoms with Crippen molar-refractivity contribution in [2.24, 2.45) is 12.8 Å². The molecule has 1 aromatic carbocycles. The van der Waals surface area contributed by atoms with E-state index in [1.807, 2.05) is 11.5 Å². The van der Waals surface area contributed by atoms with Gasteiger partial charge in [-0.05, 0) is 43.0 Å². The molecule has 2 N–H and O–H groups in total. The second-order valence-electron chi connectivity index (χ2n) is 7.25. The minimum atomic E-state index is -0.299. The summed E-state index contributed by atoms with van der Waals surface area (Å²) in [4.78, 5) is 23.9. The van der Waals surface area contributed by atoms with Gasteiger partial charge < -0.3 is 15.2 Å². The molecule has 3 aromatic rings. The Morgan fingerprint density at radius 1 is 1.37 bits per heavy atom. The van der Waals surface area contributed by atoms with Crippen molar-refractivity contribution in [2.45, 2.75) is 32.4 Å². The quantitative estimate of drug-likeness (QED) is 0.757. The minimum Gasteiger partial charge on any atom is -0.341 e. The summed E-state index contributed by atoms with van der Waals surface area (Å²) in [7, 11) is 1.66. The molecule has 142 valence electrons. The van der Waals surface area contributed by atoms with Gasteiger partial charge in [-0.2, -0.15) is 4.98 Å². The number of halogens is 1. The van der Waals surface area contributed by atoms with Gasteiger partial charge in [0.1, 0.15) is 5.82 Å². The monoisotopic (exact) mass is 370 g/mol. The van der Waals surface area contributed by atoms with E-state index >= 15 is 0 Å². The number of benzene rings is 1. The first-order valence-corrected chi connectivity index (χ1v) is 9.11. The maximum Gasteiger partial charge on any atom is 0.279 e. The van der Waals surface area contributed by atoms with Crippen LogP contribution in [0.3, 0.4) is 0 Å². The van der Waals surface area contributed by atoms with Crippen LogP contribution in [0.2, 0.25) is 0 Å². The maximum absolute atomic E-state index is 13.8. The van der Waals surface area contributed by atoms with Gasteiger partial charge in [-0.15, -0.1) is 0 Å². The van der Waals surface area contributed by atoms with Crippen LogP contribution >= 0.6 is 0 Å². The van der Waals surface area contributed by atoms with Crippen molar-refractivity contribution in [2.75, 3.05) is 18.0 Å². The van der Waals surface area contributed by atoms with E-state index in [0.29, 0.717) is 30.2 Å². The highest BCUT2D eigenvalue weighted by Crippen LogP contribution is 2.24. The summed E-state index contributed by atoms with van der Waals surface area (Å²) in [6.45, 7) is 3.77.